The zero-order valence-electron chi connectivity index (χ0n) is 16.5. The summed E-state index contributed by atoms with van der Waals surface area (Å²) < 4.78 is 2.14. The highest BCUT2D eigenvalue weighted by molar-refractivity contribution is 8.06. The van der Waals surface area contributed by atoms with Gasteiger partial charge in [-0.15, -0.1) is 10.2 Å². The Kier molecular flexibility index (Phi) is 5.12. The molecule has 3 aromatic rings. The molecule has 0 saturated carbocycles. The molecule has 5 rings (SSSR count). The molecule has 0 N–H and O–H groups in total. The second-order valence-electron chi connectivity index (χ2n) is 7.35. The first-order valence-corrected chi connectivity index (χ1v) is 11.1. The van der Waals surface area contributed by atoms with E-state index in [0.29, 0.717) is 11.4 Å². The molecule has 0 aliphatic carbocycles. The van der Waals surface area contributed by atoms with Crippen LogP contribution in [0.1, 0.15) is 36.5 Å². The van der Waals surface area contributed by atoms with Crippen molar-refractivity contribution in [2.45, 2.75) is 32.2 Å². The highest BCUT2D eigenvalue weighted by Crippen LogP contribution is 2.45. The number of allylic oxidation sites excluding steroid dienone is 1. The Balaban J connectivity index is 1.66. The van der Waals surface area contributed by atoms with E-state index in [2.05, 4.69) is 55.4 Å². The molecule has 1 aromatic heterocycles. The number of thioether (sulfide) groups is 1. The van der Waals surface area contributed by atoms with Crippen molar-refractivity contribution in [1.82, 2.24) is 14.8 Å². The minimum atomic E-state index is 0.576. The number of aromatic nitrogens is 3. The summed E-state index contributed by atoms with van der Waals surface area (Å²) in [5.41, 5.74) is 3.77. The summed E-state index contributed by atoms with van der Waals surface area (Å²) in [5.74, 6) is 1.67. The molecule has 0 unspecified atom stereocenters. The van der Waals surface area contributed by atoms with E-state index in [9.17, 15) is 5.26 Å². The maximum atomic E-state index is 10.2. The molecule has 0 radical (unpaired) electrons. The lowest BCUT2D eigenvalue weighted by Crippen LogP contribution is -2.17. The van der Waals surface area contributed by atoms with E-state index >= 15 is 0 Å². The summed E-state index contributed by atoms with van der Waals surface area (Å²) >= 11 is 1.57. The van der Waals surface area contributed by atoms with Crippen LogP contribution in [0.5, 0.6) is 0 Å². The van der Waals surface area contributed by atoms with Gasteiger partial charge < -0.3 is 9.47 Å². The summed E-state index contributed by atoms with van der Waals surface area (Å²) in [4.78, 5) is 2.16. The van der Waals surface area contributed by atoms with E-state index in [4.69, 9.17) is 0 Å². The third kappa shape index (κ3) is 3.31. The van der Waals surface area contributed by atoms with Gasteiger partial charge in [-0.3, -0.25) is 0 Å². The van der Waals surface area contributed by atoms with Crippen LogP contribution in [-0.2, 0) is 13.0 Å². The van der Waals surface area contributed by atoms with Crippen LogP contribution in [0.25, 0.3) is 11.3 Å². The third-order valence-electron chi connectivity index (χ3n) is 5.47. The molecule has 6 heteroatoms. The minimum Gasteiger partial charge on any atom is -0.310 e. The molecule has 0 spiro atoms. The van der Waals surface area contributed by atoms with E-state index in [-0.39, 0.29) is 0 Å². The summed E-state index contributed by atoms with van der Waals surface area (Å²) in [7, 11) is 0. The molecule has 148 valence electrons. The van der Waals surface area contributed by atoms with Gasteiger partial charge in [0.25, 0.3) is 0 Å². The van der Waals surface area contributed by atoms with Crippen molar-refractivity contribution in [2.24, 2.45) is 0 Å². The fraction of sp³-hybridized carbons (Fsp3) is 0.208. The second kappa shape index (κ2) is 8.21. The topological polar surface area (TPSA) is 57.7 Å². The van der Waals surface area contributed by atoms with Crippen molar-refractivity contribution >= 4 is 28.7 Å². The fourth-order valence-electron chi connectivity index (χ4n) is 4.00. The first-order chi connectivity index (χ1) is 14.9. The van der Waals surface area contributed by atoms with Crippen LogP contribution in [0.2, 0.25) is 0 Å². The van der Waals surface area contributed by atoms with Gasteiger partial charge in [-0.05, 0) is 30.5 Å². The first-order valence-electron chi connectivity index (χ1n) is 10.2. The van der Waals surface area contributed by atoms with Gasteiger partial charge >= 0.3 is 0 Å². The molecule has 0 saturated heterocycles. The van der Waals surface area contributed by atoms with E-state index in [1.807, 2.05) is 36.4 Å². The van der Waals surface area contributed by atoms with Crippen molar-refractivity contribution in [3.63, 3.8) is 0 Å². The number of rotatable bonds is 3. The number of nitriles is 1. The molecule has 2 aromatic carbocycles. The Hall–Kier alpha value is -3.30. The zero-order valence-corrected chi connectivity index (χ0v) is 17.3. The molecule has 5 nitrogen and oxygen atoms in total. The van der Waals surface area contributed by atoms with Crippen LogP contribution in [0, 0.1) is 11.3 Å². The number of anilines is 1. The molecular weight excluding hydrogens is 390 g/mol. The van der Waals surface area contributed by atoms with Crippen LogP contribution in [0.3, 0.4) is 0 Å². The van der Waals surface area contributed by atoms with Crippen molar-refractivity contribution in [3.8, 4) is 6.07 Å². The Labute approximate surface area is 180 Å². The third-order valence-corrected chi connectivity index (χ3v) is 6.42. The highest BCUT2D eigenvalue weighted by atomic mass is 32.2. The second-order valence-corrected chi connectivity index (χ2v) is 8.21. The molecule has 0 amide bonds. The van der Waals surface area contributed by atoms with Crippen LogP contribution in [0.4, 0.5) is 5.69 Å². The van der Waals surface area contributed by atoms with Gasteiger partial charge in [0.2, 0.25) is 0 Å². The number of aryl methyl sites for hydroxylation is 1. The number of fused-ring (bicyclic) bond motifs is 1. The Morgan fingerprint density at radius 2 is 1.70 bits per heavy atom. The van der Waals surface area contributed by atoms with Crippen LogP contribution in [-0.4, -0.2) is 14.8 Å². The maximum Gasteiger partial charge on any atom is 0.177 e. The lowest BCUT2D eigenvalue weighted by molar-refractivity contribution is 0.627. The van der Waals surface area contributed by atoms with Crippen LogP contribution < -0.4 is 4.90 Å². The van der Waals surface area contributed by atoms with Crippen molar-refractivity contribution in [3.05, 3.63) is 88.3 Å². The molecule has 3 heterocycles. The van der Waals surface area contributed by atoms with Crippen molar-refractivity contribution < 1.29 is 0 Å². The van der Waals surface area contributed by atoms with Crippen LogP contribution >= 0.6 is 11.8 Å². The molecule has 30 heavy (non-hydrogen) atoms. The van der Waals surface area contributed by atoms with Gasteiger partial charge in [0, 0.05) is 24.1 Å². The van der Waals surface area contributed by atoms with E-state index in [1.54, 1.807) is 11.8 Å². The molecule has 2 aliphatic heterocycles. The zero-order chi connectivity index (χ0) is 20.3. The summed E-state index contributed by atoms with van der Waals surface area (Å²) in [6.07, 6.45) is 4.33. The molecule has 0 atom stereocenters. The number of para-hydroxylation sites is 1. The lowest BCUT2D eigenvalue weighted by atomic mass is 10.1. The normalized spacial score (nSPS) is 17.7. The monoisotopic (exact) mass is 411 g/mol. The highest BCUT2D eigenvalue weighted by Gasteiger charge is 2.30. The predicted molar refractivity (Wildman–Crippen MR) is 121 cm³/mol. The van der Waals surface area contributed by atoms with Gasteiger partial charge in [-0.25, -0.2) is 0 Å². The Morgan fingerprint density at radius 3 is 2.47 bits per heavy atom. The SMILES string of the molecule is N#C/C(=C1\SC=C(c2ccccc2)N1c1ccccc1)c1nnc2n1CCCCC2. The smallest absolute Gasteiger partial charge is 0.177 e. The van der Waals surface area contributed by atoms with E-state index < -0.39 is 0 Å². The summed E-state index contributed by atoms with van der Waals surface area (Å²) in [5, 5.41) is 22.1. The van der Waals surface area contributed by atoms with E-state index in [1.165, 1.54) is 6.42 Å². The van der Waals surface area contributed by atoms with Crippen molar-refractivity contribution in [2.75, 3.05) is 4.90 Å². The average molecular weight is 412 g/mol. The molecule has 2 aliphatic rings. The fourth-order valence-corrected chi connectivity index (χ4v) is 5.03. The quantitative estimate of drug-likeness (QED) is 0.537. The predicted octanol–water partition coefficient (Wildman–Crippen LogP) is 5.45. The van der Waals surface area contributed by atoms with Gasteiger partial charge in [0.05, 0.1) is 5.70 Å². The maximum absolute atomic E-state index is 10.2. The lowest BCUT2D eigenvalue weighted by Gasteiger charge is -2.24. The van der Waals surface area contributed by atoms with E-state index in [0.717, 1.165) is 53.6 Å². The Bertz CT molecular complexity index is 1160. The van der Waals surface area contributed by atoms with Gasteiger partial charge in [-0.2, -0.15) is 5.26 Å². The van der Waals surface area contributed by atoms with Gasteiger partial charge in [0.15, 0.2) is 5.82 Å². The van der Waals surface area contributed by atoms with Crippen LogP contribution in [0.15, 0.2) is 71.1 Å². The van der Waals surface area contributed by atoms with Gasteiger partial charge in [-0.1, -0.05) is 66.7 Å². The largest absolute Gasteiger partial charge is 0.310 e. The summed E-state index contributed by atoms with van der Waals surface area (Å²) in [6.45, 7) is 0.866. The van der Waals surface area contributed by atoms with Crippen molar-refractivity contribution in [1.29, 1.82) is 5.26 Å². The Morgan fingerprint density at radius 1 is 0.933 bits per heavy atom. The number of benzene rings is 2. The average Bonchev–Trinajstić information content (AvgIpc) is 3.33. The van der Waals surface area contributed by atoms with Gasteiger partial charge in [0.1, 0.15) is 22.5 Å². The number of nitrogens with zero attached hydrogens (tertiary/aromatic N) is 5. The molecule has 0 bridgehead atoms. The number of hydrogen-bond acceptors (Lipinski definition) is 5. The number of hydrogen-bond donors (Lipinski definition) is 0. The minimum absolute atomic E-state index is 0.576. The first kappa shape index (κ1) is 18.7. The summed E-state index contributed by atoms with van der Waals surface area (Å²) in [6, 6.07) is 22.9. The molecule has 0 fully saturated rings. The molecular formula is C24H21N5S. The standard InChI is InChI=1S/C24H21N5S/c25-16-20(23-27-26-22-14-8-3-9-15-28(22)23)24-29(19-12-6-2-7-13-19)21(17-30-24)18-10-4-1-5-11-18/h1-2,4-7,10-13,17H,3,8-9,14-15H2/b24-20+.